The van der Waals surface area contributed by atoms with Crippen LogP contribution >= 0.6 is 0 Å². The zero-order valence-electron chi connectivity index (χ0n) is 22.6. The van der Waals surface area contributed by atoms with E-state index in [-0.39, 0.29) is 45.6 Å². The highest BCUT2D eigenvalue weighted by Gasteiger charge is 2.71. The van der Waals surface area contributed by atoms with Crippen LogP contribution in [0.15, 0.2) is 23.8 Å². The van der Waals surface area contributed by atoms with Crippen LogP contribution in [0.5, 0.6) is 0 Å². The number of hydrogen-bond acceptors (Lipinski definition) is 5. The maximum absolute atomic E-state index is 13.0. The Balaban J connectivity index is 1.47. The van der Waals surface area contributed by atoms with Gasteiger partial charge >= 0.3 is 5.97 Å². The van der Waals surface area contributed by atoms with Gasteiger partial charge in [0.05, 0.1) is 5.92 Å². The lowest BCUT2D eigenvalue weighted by atomic mass is 9.41. The van der Waals surface area contributed by atoms with Crippen molar-refractivity contribution in [1.29, 1.82) is 0 Å². The molecule has 1 saturated heterocycles. The molecule has 8 unspecified atom stereocenters. The summed E-state index contributed by atoms with van der Waals surface area (Å²) in [6.07, 6.45) is 12.7. The fourth-order valence-corrected chi connectivity index (χ4v) is 9.56. The summed E-state index contributed by atoms with van der Waals surface area (Å²) in [7, 11) is 0. The van der Waals surface area contributed by atoms with Gasteiger partial charge < -0.3 is 4.74 Å². The zero-order valence-corrected chi connectivity index (χ0v) is 22.6. The summed E-state index contributed by atoms with van der Waals surface area (Å²) in [5.41, 5.74) is 0.699. The number of fused-ring (bicyclic) bond motifs is 7. The molecule has 4 fully saturated rings. The molecule has 194 valence electrons. The molecule has 0 aromatic heterocycles. The molecule has 0 aromatic carbocycles. The van der Waals surface area contributed by atoms with Gasteiger partial charge in [-0.1, -0.05) is 58.4 Å². The molecule has 5 aliphatic rings. The van der Waals surface area contributed by atoms with Crippen LogP contribution in [0.3, 0.4) is 0 Å². The van der Waals surface area contributed by atoms with Gasteiger partial charge in [-0.05, 0) is 80.5 Å². The lowest BCUT2D eigenvalue weighted by molar-refractivity contribution is -0.297. The summed E-state index contributed by atoms with van der Waals surface area (Å²) in [5.74, 6) is 1.29. The van der Waals surface area contributed by atoms with E-state index in [0.29, 0.717) is 30.5 Å². The van der Waals surface area contributed by atoms with Crippen LogP contribution in [0.1, 0.15) is 93.4 Å². The average molecular weight is 485 g/mol. The maximum atomic E-state index is 13.0. The van der Waals surface area contributed by atoms with Crippen LogP contribution in [0, 0.1) is 45.3 Å². The molecule has 4 aliphatic carbocycles. The number of Topliss-reactive ketones (excluding diaryl/α,β-unsaturated/α-hetero) is 1. The standard InChI is InChI=1S/C30H44O5/c1-26(2,35-33)14-8-9-18-24-21(34-25(18)32)17-30(7)20-10-11-22-27(3,4)23(31)13-15-28(22,5)19(20)12-16-29(24,30)6/h8,10,14,18-19,21-22,24,33H,9,11-13,15-17H2,1-7H3. The fraction of sp³-hybridized carbons (Fsp3) is 0.800. The van der Waals surface area contributed by atoms with E-state index in [4.69, 9.17) is 9.99 Å². The number of esters is 1. The predicted octanol–water partition coefficient (Wildman–Crippen LogP) is 6.53. The quantitative estimate of drug-likeness (QED) is 0.213. The van der Waals surface area contributed by atoms with E-state index in [1.165, 1.54) is 0 Å². The molecule has 5 rings (SSSR count). The third-order valence-corrected chi connectivity index (χ3v) is 11.8. The molecule has 0 aromatic rings. The molecule has 8 atom stereocenters. The second kappa shape index (κ2) is 7.77. The third-order valence-electron chi connectivity index (χ3n) is 11.8. The topological polar surface area (TPSA) is 72.8 Å². The van der Waals surface area contributed by atoms with Crippen LogP contribution in [0.2, 0.25) is 0 Å². The van der Waals surface area contributed by atoms with Crippen LogP contribution in [0.25, 0.3) is 0 Å². The molecule has 0 spiro atoms. The highest BCUT2D eigenvalue weighted by molar-refractivity contribution is 5.85. The molecule has 1 heterocycles. The summed E-state index contributed by atoms with van der Waals surface area (Å²) in [5, 5.41) is 9.11. The number of ketones is 1. The molecule has 0 radical (unpaired) electrons. The molecular weight excluding hydrogens is 440 g/mol. The van der Waals surface area contributed by atoms with Crippen molar-refractivity contribution >= 4 is 11.8 Å². The van der Waals surface area contributed by atoms with Gasteiger partial charge in [0.25, 0.3) is 0 Å². The van der Waals surface area contributed by atoms with Gasteiger partial charge in [-0.25, -0.2) is 4.89 Å². The molecule has 1 aliphatic heterocycles. The Morgan fingerprint density at radius 2 is 1.89 bits per heavy atom. The first-order valence-corrected chi connectivity index (χ1v) is 13.7. The molecule has 3 saturated carbocycles. The number of allylic oxidation sites excluding steroid dienone is 3. The van der Waals surface area contributed by atoms with Crippen molar-refractivity contribution in [2.45, 2.75) is 105 Å². The molecule has 5 nitrogen and oxygen atoms in total. The molecular formula is C30H44O5. The lowest BCUT2D eigenvalue weighted by Crippen LogP contribution is -2.57. The van der Waals surface area contributed by atoms with Crippen LogP contribution in [-0.2, 0) is 19.2 Å². The second-order valence-electron chi connectivity index (χ2n) is 14.1. The fourth-order valence-electron chi connectivity index (χ4n) is 9.56. The monoisotopic (exact) mass is 484 g/mol. The van der Waals surface area contributed by atoms with Gasteiger partial charge in [0.15, 0.2) is 0 Å². The van der Waals surface area contributed by atoms with Crippen LogP contribution in [0.4, 0.5) is 0 Å². The van der Waals surface area contributed by atoms with Crippen molar-refractivity contribution in [3.8, 4) is 0 Å². The normalized spacial score (nSPS) is 46.5. The summed E-state index contributed by atoms with van der Waals surface area (Å²) in [6.45, 7) is 15.2. The van der Waals surface area contributed by atoms with Crippen molar-refractivity contribution < 1.29 is 24.5 Å². The Hall–Kier alpha value is -1.46. The van der Waals surface area contributed by atoms with Crippen molar-refractivity contribution in [1.82, 2.24) is 0 Å². The van der Waals surface area contributed by atoms with E-state index < -0.39 is 5.60 Å². The smallest absolute Gasteiger partial charge is 0.309 e. The van der Waals surface area contributed by atoms with Crippen LogP contribution in [-0.4, -0.2) is 28.7 Å². The summed E-state index contributed by atoms with van der Waals surface area (Å²) >= 11 is 0. The minimum Gasteiger partial charge on any atom is -0.462 e. The van der Waals surface area contributed by atoms with Crippen molar-refractivity contribution in [3.05, 3.63) is 23.8 Å². The summed E-state index contributed by atoms with van der Waals surface area (Å²) < 4.78 is 6.06. The summed E-state index contributed by atoms with van der Waals surface area (Å²) in [4.78, 5) is 30.4. The van der Waals surface area contributed by atoms with Gasteiger partial charge in [0.2, 0.25) is 0 Å². The second-order valence-corrected chi connectivity index (χ2v) is 14.1. The van der Waals surface area contributed by atoms with Gasteiger partial charge in [-0.2, -0.15) is 0 Å². The molecule has 5 heteroatoms. The van der Waals surface area contributed by atoms with E-state index in [2.05, 4.69) is 45.6 Å². The van der Waals surface area contributed by atoms with Crippen LogP contribution < -0.4 is 0 Å². The van der Waals surface area contributed by atoms with Gasteiger partial charge in [0.1, 0.15) is 17.5 Å². The van der Waals surface area contributed by atoms with E-state index in [9.17, 15) is 9.59 Å². The van der Waals surface area contributed by atoms with E-state index in [1.54, 1.807) is 19.4 Å². The Labute approximate surface area is 210 Å². The Morgan fingerprint density at radius 3 is 2.57 bits per heavy atom. The number of hydrogen-bond donors (Lipinski definition) is 1. The first-order valence-electron chi connectivity index (χ1n) is 13.7. The number of carbonyl (C=O) groups is 2. The van der Waals surface area contributed by atoms with E-state index >= 15 is 0 Å². The molecule has 1 N–H and O–H groups in total. The lowest BCUT2D eigenvalue weighted by Gasteiger charge is -2.63. The summed E-state index contributed by atoms with van der Waals surface area (Å²) in [6, 6.07) is 0. The van der Waals surface area contributed by atoms with Gasteiger partial charge in [0, 0.05) is 17.8 Å². The first-order chi connectivity index (χ1) is 16.2. The minimum absolute atomic E-state index is 0.000966. The van der Waals surface area contributed by atoms with Crippen molar-refractivity contribution in [3.63, 3.8) is 0 Å². The Morgan fingerprint density at radius 1 is 1.17 bits per heavy atom. The van der Waals surface area contributed by atoms with E-state index in [0.717, 1.165) is 32.1 Å². The zero-order chi connectivity index (χ0) is 25.6. The van der Waals surface area contributed by atoms with Gasteiger partial charge in [-0.15, -0.1) is 0 Å². The number of rotatable bonds is 4. The minimum atomic E-state index is -0.776. The Bertz CT molecular complexity index is 991. The van der Waals surface area contributed by atoms with E-state index in [1.807, 2.05) is 12.2 Å². The number of carbonyl (C=O) groups excluding carboxylic acids is 2. The highest BCUT2D eigenvalue weighted by Crippen LogP contribution is 2.74. The predicted molar refractivity (Wildman–Crippen MR) is 134 cm³/mol. The largest absolute Gasteiger partial charge is 0.462 e. The SMILES string of the molecule is CC(C)(C=CCC1C(=O)OC2CC3(C)C4=CCC5C(C)(C)C(=O)CCC5(C)C4CCC3(C)C21)OO. The maximum Gasteiger partial charge on any atom is 0.309 e. The molecule has 0 amide bonds. The molecule has 35 heavy (non-hydrogen) atoms. The van der Waals surface area contributed by atoms with Crippen molar-refractivity contribution in [2.24, 2.45) is 45.3 Å². The first kappa shape index (κ1) is 25.2. The van der Waals surface area contributed by atoms with Gasteiger partial charge in [-0.3, -0.25) is 14.8 Å². The highest BCUT2D eigenvalue weighted by atomic mass is 17.1. The molecule has 0 bridgehead atoms. The number of ether oxygens (including phenoxy) is 1. The van der Waals surface area contributed by atoms with Crippen molar-refractivity contribution in [2.75, 3.05) is 0 Å². The average Bonchev–Trinajstić information content (AvgIpc) is 3.20. The Kier molecular flexibility index (Phi) is 5.60. The third kappa shape index (κ3) is 3.32.